The molecule has 0 aromatic carbocycles. The molecule has 3 rings (SSSR count). The summed E-state index contributed by atoms with van der Waals surface area (Å²) in [7, 11) is 1.86. The first-order valence-electron chi connectivity index (χ1n) is 9.71. The average molecular weight is 365 g/mol. The maximum absolute atomic E-state index is 4.41. The molecule has 2 aliphatic rings. The van der Waals surface area contributed by atoms with Crippen LogP contribution in [0.5, 0.6) is 0 Å². The first-order chi connectivity index (χ1) is 12.3. The van der Waals surface area contributed by atoms with Crippen molar-refractivity contribution in [3.05, 3.63) is 11.6 Å². The van der Waals surface area contributed by atoms with Crippen molar-refractivity contribution < 1.29 is 0 Å². The van der Waals surface area contributed by atoms with Crippen LogP contribution in [0.1, 0.15) is 56.6 Å². The predicted molar refractivity (Wildman–Crippen MR) is 105 cm³/mol. The Labute approximate surface area is 155 Å². The van der Waals surface area contributed by atoms with Gasteiger partial charge in [-0.25, -0.2) is 0 Å². The second-order valence-corrected chi connectivity index (χ2v) is 8.25. The Morgan fingerprint density at radius 2 is 2.20 bits per heavy atom. The topological polar surface area (TPSA) is 67.1 Å². The minimum Gasteiger partial charge on any atom is -0.356 e. The lowest BCUT2D eigenvalue weighted by Gasteiger charge is -2.17. The van der Waals surface area contributed by atoms with Crippen LogP contribution in [0.15, 0.2) is 4.99 Å². The number of hydrogen-bond acceptors (Lipinski definition) is 4. The minimum atomic E-state index is 0.566. The molecule has 0 saturated heterocycles. The molecule has 2 unspecified atom stereocenters. The predicted octanol–water partition coefficient (Wildman–Crippen LogP) is 2.39. The number of nitrogens with one attached hydrogen (secondary N) is 2. The summed E-state index contributed by atoms with van der Waals surface area (Å²) in [6, 6.07) is 0.566. The highest BCUT2D eigenvalue weighted by molar-refractivity contribution is 7.99. The zero-order valence-corrected chi connectivity index (χ0v) is 16.4. The summed E-state index contributed by atoms with van der Waals surface area (Å²) in [6.07, 6.45) is 13.0. The fourth-order valence-electron chi connectivity index (χ4n) is 3.86. The average Bonchev–Trinajstić information content (AvgIpc) is 3.17. The van der Waals surface area contributed by atoms with E-state index in [0.717, 1.165) is 49.4 Å². The van der Waals surface area contributed by atoms with Crippen molar-refractivity contribution in [3.8, 4) is 0 Å². The van der Waals surface area contributed by atoms with Gasteiger partial charge in [-0.05, 0) is 44.8 Å². The number of guanidine groups is 1. The standard InChI is InChI=1S/C18H32N6S/c1-19-18(21-14-9-10-15(13-14)25-2)20-11-6-8-17-23-22-16-7-4-3-5-12-24(16)17/h14-15H,3-13H2,1-2H3,(H2,19,20,21). The van der Waals surface area contributed by atoms with E-state index in [-0.39, 0.29) is 0 Å². The van der Waals surface area contributed by atoms with Crippen LogP contribution in [0.25, 0.3) is 0 Å². The lowest BCUT2D eigenvalue weighted by molar-refractivity contribution is 0.588. The third-order valence-corrected chi connectivity index (χ3v) is 6.43. The summed E-state index contributed by atoms with van der Waals surface area (Å²) < 4.78 is 2.35. The first kappa shape index (κ1) is 18.5. The van der Waals surface area contributed by atoms with Crippen LogP contribution in [-0.4, -0.2) is 51.9 Å². The molecule has 2 atom stereocenters. The second-order valence-electron chi connectivity index (χ2n) is 7.11. The van der Waals surface area contributed by atoms with Crippen LogP contribution in [0, 0.1) is 0 Å². The number of thioether (sulfide) groups is 1. The molecule has 1 aromatic heterocycles. The van der Waals surface area contributed by atoms with Crippen LogP contribution in [0.3, 0.4) is 0 Å². The van der Waals surface area contributed by atoms with Crippen molar-refractivity contribution in [2.45, 2.75) is 75.6 Å². The van der Waals surface area contributed by atoms with Gasteiger partial charge >= 0.3 is 0 Å². The van der Waals surface area contributed by atoms with E-state index in [1.165, 1.54) is 44.3 Å². The number of hydrogen-bond donors (Lipinski definition) is 2. The van der Waals surface area contributed by atoms with E-state index in [1.807, 2.05) is 18.8 Å². The van der Waals surface area contributed by atoms with Gasteiger partial charge in [-0.15, -0.1) is 10.2 Å². The van der Waals surface area contributed by atoms with Gasteiger partial charge < -0.3 is 15.2 Å². The lowest BCUT2D eigenvalue weighted by atomic mass is 10.2. The Balaban J connectivity index is 1.40. The maximum Gasteiger partial charge on any atom is 0.191 e. The van der Waals surface area contributed by atoms with Crippen molar-refractivity contribution in [2.24, 2.45) is 4.99 Å². The van der Waals surface area contributed by atoms with E-state index < -0.39 is 0 Å². The Hall–Kier alpha value is -1.24. The van der Waals surface area contributed by atoms with Gasteiger partial charge in [0, 0.05) is 44.3 Å². The van der Waals surface area contributed by atoms with Crippen molar-refractivity contribution in [2.75, 3.05) is 19.8 Å². The Bertz CT molecular complexity index is 570. The van der Waals surface area contributed by atoms with Crippen LogP contribution in [-0.2, 0) is 19.4 Å². The molecular weight excluding hydrogens is 332 g/mol. The third kappa shape index (κ3) is 5.12. The molecule has 1 saturated carbocycles. The number of rotatable bonds is 6. The molecule has 0 spiro atoms. The van der Waals surface area contributed by atoms with E-state index in [1.54, 1.807) is 0 Å². The molecule has 1 aliphatic carbocycles. The number of aryl methyl sites for hydroxylation is 2. The summed E-state index contributed by atoms with van der Waals surface area (Å²) in [5.74, 6) is 3.27. The molecule has 0 amide bonds. The van der Waals surface area contributed by atoms with E-state index in [0.29, 0.717) is 6.04 Å². The molecule has 1 fully saturated rings. The molecule has 7 heteroatoms. The fourth-order valence-corrected chi connectivity index (χ4v) is 4.65. The van der Waals surface area contributed by atoms with Crippen LogP contribution < -0.4 is 10.6 Å². The third-order valence-electron chi connectivity index (χ3n) is 5.34. The van der Waals surface area contributed by atoms with E-state index in [9.17, 15) is 0 Å². The van der Waals surface area contributed by atoms with Gasteiger partial charge in [0.15, 0.2) is 5.96 Å². The van der Waals surface area contributed by atoms with Gasteiger partial charge in [-0.2, -0.15) is 11.8 Å². The van der Waals surface area contributed by atoms with E-state index in [2.05, 4.69) is 36.6 Å². The number of nitrogens with zero attached hydrogens (tertiary/aromatic N) is 4. The molecule has 0 radical (unpaired) electrons. The van der Waals surface area contributed by atoms with Gasteiger partial charge in [0.05, 0.1) is 0 Å². The molecule has 2 heterocycles. The smallest absolute Gasteiger partial charge is 0.191 e. The summed E-state index contributed by atoms with van der Waals surface area (Å²) in [6.45, 7) is 2.01. The Kier molecular flexibility index (Phi) is 7.02. The largest absolute Gasteiger partial charge is 0.356 e. The minimum absolute atomic E-state index is 0.566. The zero-order chi connectivity index (χ0) is 17.5. The lowest BCUT2D eigenvalue weighted by Crippen LogP contribution is -2.43. The zero-order valence-electron chi connectivity index (χ0n) is 15.6. The van der Waals surface area contributed by atoms with Crippen LogP contribution >= 0.6 is 11.8 Å². The number of aliphatic imine (C=N–C) groups is 1. The van der Waals surface area contributed by atoms with Gasteiger partial charge in [-0.3, -0.25) is 4.99 Å². The van der Waals surface area contributed by atoms with Crippen molar-refractivity contribution in [1.82, 2.24) is 25.4 Å². The van der Waals surface area contributed by atoms with Gasteiger partial charge in [0.25, 0.3) is 0 Å². The Morgan fingerprint density at radius 3 is 3.00 bits per heavy atom. The monoisotopic (exact) mass is 364 g/mol. The molecule has 0 bridgehead atoms. The van der Waals surface area contributed by atoms with Crippen molar-refractivity contribution >= 4 is 17.7 Å². The van der Waals surface area contributed by atoms with E-state index >= 15 is 0 Å². The SMILES string of the molecule is CN=C(NCCCc1nnc2n1CCCCC2)NC1CCC(SC)C1. The molecule has 6 nitrogen and oxygen atoms in total. The molecule has 140 valence electrons. The van der Waals surface area contributed by atoms with Crippen LogP contribution in [0.4, 0.5) is 0 Å². The number of aromatic nitrogens is 3. The highest BCUT2D eigenvalue weighted by Gasteiger charge is 2.24. The van der Waals surface area contributed by atoms with E-state index in [4.69, 9.17) is 0 Å². The molecule has 1 aliphatic heterocycles. The van der Waals surface area contributed by atoms with Crippen LogP contribution in [0.2, 0.25) is 0 Å². The summed E-state index contributed by atoms with van der Waals surface area (Å²) in [4.78, 5) is 4.37. The van der Waals surface area contributed by atoms with Gasteiger partial charge in [0.1, 0.15) is 11.6 Å². The number of fused-ring (bicyclic) bond motifs is 1. The molecule has 2 N–H and O–H groups in total. The normalized spacial score (nSPS) is 24.0. The first-order valence-corrected chi connectivity index (χ1v) is 11.0. The van der Waals surface area contributed by atoms with Crippen molar-refractivity contribution in [1.29, 1.82) is 0 Å². The quantitative estimate of drug-likeness (QED) is 0.461. The molecule has 25 heavy (non-hydrogen) atoms. The van der Waals surface area contributed by atoms with Crippen molar-refractivity contribution in [3.63, 3.8) is 0 Å². The van der Waals surface area contributed by atoms with Gasteiger partial charge in [-0.1, -0.05) is 6.42 Å². The summed E-state index contributed by atoms with van der Waals surface area (Å²) in [5, 5.41) is 16.6. The van der Waals surface area contributed by atoms with Gasteiger partial charge in [0.2, 0.25) is 0 Å². The highest BCUT2D eigenvalue weighted by atomic mass is 32.2. The fraction of sp³-hybridized carbons (Fsp3) is 0.833. The second kappa shape index (κ2) is 9.46. The summed E-state index contributed by atoms with van der Waals surface area (Å²) in [5.41, 5.74) is 0. The molecule has 1 aromatic rings. The highest BCUT2D eigenvalue weighted by Crippen LogP contribution is 2.28. The molecular formula is C18H32N6S. The maximum atomic E-state index is 4.41. The summed E-state index contributed by atoms with van der Waals surface area (Å²) >= 11 is 1.99. The Morgan fingerprint density at radius 1 is 1.28 bits per heavy atom.